The Labute approximate surface area is 114 Å². The van der Waals surface area contributed by atoms with Crippen molar-refractivity contribution in [1.29, 1.82) is 0 Å². The monoisotopic (exact) mass is 272 g/mol. The molecule has 96 valence electrons. The standard InChI is InChI=1S/C13H12N4OS/c1-9-4-2-3-5-10(9)12-11(8-18)15-16-17(12)13-14-6-7-19-13/h2-7,18H,8H2,1H3. The molecular weight excluding hydrogens is 260 g/mol. The second kappa shape index (κ2) is 4.91. The first-order valence-corrected chi connectivity index (χ1v) is 6.70. The Hall–Kier alpha value is -2.05. The van der Waals surface area contributed by atoms with Crippen LogP contribution in [0.5, 0.6) is 0 Å². The minimum absolute atomic E-state index is 0.144. The van der Waals surface area contributed by atoms with Gasteiger partial charge in [-0.3, -0.25) is 0 Å². The quantitative estimate of drug-likeness (QED) is 0.794. The maximum atomic E-state index is 9.45. The van der Waals surface area contributed by atoms with E-state index in [-0.39, 0.29) is 6.61 Å². The van der Waals surface area contributed by atoms with E-state index in [1.807, 2.05) is 36.6 Å². The molecule has 0 saturated carbocycles. The van der Waals surface area contributed by atoms with Gasteiger partial charge in [0.1, 0.15) is 11.4 Å². The van der Waals surface area contributed by atoms with Crippen molar-refractivity contribution in [2.45, 2.75) is 13.5 Å². The van der Waals surface area contributed by atoms with E-state index in [4.69, 9.17) is 0 Å². The van der Waals surface area contributed by atoms with Gasteiger partial charge in [-0.2, -0.15) is 4.68 Å². The fourth-order valence-electron chi connectivity index (χ4n) is 1.98. The van der Waals surface area contributed by atoms with Gasteiger partial charge in [0, 0.05) is 17.1 Å². The van der Waals surface area contributed by atoms with Crippen molar-refractivity contribution >= 4 is 11.3 Å². The van der Waals surface area contributed by atoms with Crippen LogP contribution in [0.15, 0.2) is 35.8 Å². The zero-order chi connectivity index (χ0) is 13.2. The van der Waals surface area contributed by atoms with Crippen molar-refractivity contribution in [2.75, 3.05) is 0 Å². The molecule has 0 saturated heterocycles. The molecule has 2 aromatic heterocycles. The van der Waals surface area contributed by atoms with Gasteiger partial charge >= 0.3 is 0 Å². The molecule has 0 unspecified atom stereocenters. The number of aryl methyl sites for hydroxylation is 1. The SMILES string of the molecule is Cc1ccccc1-c1c(CO)nnn1-c1nccs1. The molecular formula is C13H12N4OS. The minimum atomic E-state index is -0.144. The molecule has 19 heavy (non-hydrogen) atoms. The molecule has 5 nitrogen and oxygen atoms in total. The normalized spacial score (nSPS) is 10.8. The maximum absolute atomic E-state index is 9.45. The lowest BCUT2D eigenvalue weighted by Gasteiger charge is -2.07. The number of aromatic nitrogens is 4. The van der Waals surface area contributed by atoms with Crippen LogP contribution in [-0.2, 0) is 6.61 Å². The third-order valence-electron chi connectivity index (χ3n) is 2.89. The largest absolute Gasteiger partial charge is 0.390 e. The van der Waals surface area contributed by atoms with E-state index < -0.39 is 0 Å². The summed E-state index contributed by atoms with van der Waals surface area (Å²) in [5, 5.41) is 20.2. The summed E-state index contributed by atoms with van der Waals surface area (Å²) in [5.74, 6) is 0. The molecule has 0 spiro atoms. The highest BCUT2D eigenvalue weighted by atomic mass is 32.1. The molecule has 0 aliphatic rings. The van der Waals surface area contributed by atoms with Crippen LogP contribution in [0.4, 0.5) is 0 Å². The Kier molecular flexibility index (Phi) is 3.10. The highest BCUT2D eigenvalue weighted by molar-refractivity contribution is 7.12. The third kappa shape index (κ3) is 2.05. The first kappa shape index (κ1) is 12.0. The molecule has 1 N–H and O–H groups in total. The van der Waals surface area contributed by atoms with E-state index >= 15 is 0 Å². The fraction of sp³-hybridized carbons (Fsp3) is 0.154. The maximum Gasteiger partial charge on any atom is 0.212 e. The van der Waals surface area contributed by atoms with Crippen molar-refractivity contribution in [1.82, 2.24) is 20.0 Å². The summed E-state index contributed by atoms with van der Waals surface area (Å²) in [6.45, 7) is 1.88. The van der Waals surface area contributed by atoms with Gasteiger partial charge in [-0.05, 0) is 12.5 Å². The number of rotatable bonds is 3. The van der Waals surface area contributed by atoms with Gasteiger partial charge in [0.15, 0.2) is 0 Å². The number of aliphatic hydroxyl groups is 1. The molecule has 0 fully saturated rings. The topological polar surface area (TPSA) is 63.8 Å². The number of thiazole rings is 1. The summed E-state index contributed by atoms with van der Waals surface area (Å²) >= 11 is 1.48. The van der Waals surface area contributed by atoms with Crippen molar-refractivity contribution in [2.24, 2.45) is 0 Å². The summed E-state index contributed by atoms with van der Waals surface area (Å²) < 4.78 is 1.68. The molecule has 0 atom stereocenters. The zero-order valence-corrected chi connectivity index (χ0v) is 11.1. The Morgan fingerprint density at radius 1 is 1.32 bits per heavy atom. The van der Waals surface area contributed by atoms with Gasteiger partial charge in [-0.25, -0.2) is 4.98 Å². The van der Waals surface area contributed by atoms with Gasteiger partial charge in [0.25, 0.3) is 0 Å². The van der Waals surface area contributed by atoms with Gasteiger partial charge < -0.3 is 5.11 Å². The molecule has 0 aliphatic heterocycles. The molecule has 0 amide bonds. The summed E-state index contributed by atoms with van der Waals surface area (Å²) in [6.07, 6.45) is 1.72. The van der Waals surface area contributed by atoms with Crippen LogP contribution in [0.25, 0.3) is 16.4 Å². The molecule has 0 bridgehead atoms. The number of hydrogen-bond donors (Lipinski definition) is 1. The lowest BCUT2D eigenvalue weighted by Crippen LogP contribution is -2.00. The van der Waals surface area contributed by atoms with Crippen molar-refractivity contribution in [3.8, 4) is 16.4 Å². The summed E-state index contributed by atoms with van der Waals surface area (Å²) in [7, 11) is 0. The molecule has 3 aromatic rings. The molecule has 3 rings (SSSR count). The van der Waals surface area contributed by atoms with Crippen molar-refractivity contribution in [3.63, 3.8) is 0 Å². The zero-order valence-electron chi connectivity index (χ0n) is 10.3. The van der Waals surface area contributed by atoms with E-state index in [0.29, 0.717) is 5.69 Å². The Bertz CT molecular complexity index is 690. The van der Waals surface area contributed by atoms with Crippen LogP contribution < -0.4 is 0 Å². The highest BCUT2D eigenvalue weighted by Crippen LogP contribution is 2.28. The Balaban J connectivity index is 2.25. The van der Waals surface area contributed by atoms with Gasteiger partial charge in [-0.15, -0.1) is 16.4 Å². The van der Waals surface area contributed by atoms with Crippen molar-refractivity contribution < 1.29 is 5.11 Å². The highest BCUT2D eigenvalue weighted by Gasteiger charge is 2.18. The average molecular weight is 272 g/mol. The second-order valence-corrected chi connectivity index (χ2v) is 4.96. The third-order valence-corrected chi connectivity index (χ3v) is 3.64. The fourth-order valence-corrected chi connectivity index (χ4v) is 2.57. The minimum Gasteiger partial charge on any atom is -0.390 e. The number of hydrogen-bond acceptors (Lipinski definition) is 5. The van der Waals surface area contributed by atoms with E-state index in [9.17, 15) is 5.11 Å². The van der Waals surface area contributed by atoms with Crippen molar-refractivity contribution in [3.05, 3.63) is 47.1 Å². The molecule has 1 aromatic carbocycles. The van der Waals surface area contributed by atoms with Gasteiger partial charge in [0.2, 0.25) is 5.13 Å². The van der Waals surface area contributed by atoms with Gasteiger partial charge in [0.05, 0.1) is 6.61 Å². The first-order valence-electron chi connectivity index (χ1n) is 5.82. The smallest absolute Gasteiger partial charge is 0.212 e. The average Bonchev–Trinajstić information content (AvgIpc) is 3.07. The van der Waals surface area contributed by atoms with Gasteiger partial charge in [-0.1, -0.05) is 29.5 Å². The Morgan fingerprint density at radius 2 is 2.16 bits per heavy atom. The summed E-state index contributed by atoms with van der Waals surface area (Å²) in [4.78, 5) is 4.25. The van der Waals surface area contributed by atoms with Crippen LogP contribution in [0.1, 0.15) is 11.3 Å². The molecule has 2 heterocycles. The van der Waals surface area contributed by atoms with Crippen LogP contribution >= 0.6 is 11.3 Å². The summed E-state index contributed by atoms with van der Waals surface area (Å²) in [5.41, 5.74) is 3.48. The lowest BCUT2D eigenvalue weighted by atomic mass is 10.0. The number of aliphatic hydroxyl groups excluding tert-OH is 1. The van der Waals surface area contributed by atoms with E-state index in [0.717, 1.165) is 22.0 Å². The molecule has 0 aliphatic carbocycles. The second-order valence-electron chi connectivity index (χ2n) is 4.08. The number of nitrogens with zero attached hydrogens (tertiary/aromatic N) is 4. The molecule has 6 heteroatoms. The lowest BCUT2D eigenvalue weighted by molar-refractivity contribution is 0.277. The van der Waals surface area contributed by atoms with Crippen LogP contribution in [0.2, 0.25) is 0 Å². The first-order chi connectivity index (χ1) is 9.31. The van der Waals surface area contributed by atoms with Crippen LogP contribution in [-0.4, -0.2) is 25.1 Å². The summed E-state index contributed by atoms with van der Waals surface area (Å²) in [6, 6.07) is 7.96. The number of benzene rings is 1. The Morgan fingerprint density at radius 3 is 2.84 bits per heavy atom. The molecule has 0 radical (unpaired) electrons. The predicted molar refractivity (Wildman–Crippen MR) is 73.1 cm³/mol. The van der Waals surface area contributed by atoms with Crippen LogP contribution in [0, 0.1) is 6.92 Å². The van der Waals surface area contributed by atoms with E-state index in [1.54, 1.807) is 10.9 Å². The van der Waals surface area contributed by atoms with E-state index in [1.165, 1.54) is 11.3 Å². The van der Waals surface area contributed by atoms with E-state index in [2.05, 4.69) is 15.3 Å². The predicted octanol–water partition coefficient (Wildman–Crippen LogP) is 2.19. The van der Waals surface area contributed by atoms with Crippen LogP contribution in [0.3, 0.4) is 0 Å².